The lowest BCUT2D eigenvalue weighted by Gasteiger charge is -2.13. The number of hydrogen-bond donors (Lipinski definition) is 0. The zero-order chi connectivity index (χ0) is 21.0. The van der Waals surface area contributed by atoms with Crippen LogP contribution in [-0.4, -0.2) is 28.7 Å². The Morgan fingerprint density at radius 2 is 1.70 bits per heavy atom. The quantitative estimate of drug-likeness (QED) is 0.403. The van der Waals surface area contributed by atoms with Gasteiger partial charge in [0.25, 0.3) is 5.56 Å². The van der Waals surface area contributed by atoms with E-state index in [9.17, 15) is 13.6 Å². The monoisotopic (exact) mass is 426 g/mol. The fourth-order valence-electron chi connectivity index (χ4n) is 3.65. The molecule has 0 fully saturated rings. The summed E-state index contributed by atoms with van der Waals surface area (Å²) in [6, 6.07) is 14.0. The average Bonchev–Trinajstić information content (AvgIpc) is 3.34. The molecule has 1 atom stereocenters. The highest BCUT2D eigenvalue weighted by atomic mass is 32.2. The second kappa shape index (κ2) is 6.91. The van der Waals surface area contributed by atoms with E-state index in [0.717, 1.165) is 4.57 Å². The Balaban J connectivity index is 1.66. The molecule has 5 aromatic rings. The highest BCUT2D eigenvalue weighted by molar-refractivity contribution is 7.99. The molecular formula is C20H16F2N6OS. The Hall–Kier alpha value is -3.27. The molecule has 30 heavy (non-hydrogen) atoms. The third-order valence-electron chi connectivity index (χ3n) is 5.06. The lowest BCUT2D eigenvalue weighted by molar-refractivity contribution is 0.0715. The lowest BCUT2D eigenvalue weighted by atomic mass is 10.2. The molecule has 3 aromatic heterocycles. The van der Waals surface area contributed by atoms with Crippen molar-refractivity contribution in [2.24, 2.45) is 7.05 Å². The maximum atomic E-state index is 13.8. The number of imidazole rings is 1. The van der Waals surface area contributed by atoms with Crippen LogP contribution in [0.3, 0.4) is 0 Å². The first-order valence-electron chi connectivity index (χ1n) is 9.22. The summed E-state index contributed by atoms with van der Waals surface area (Å²) in [4.78, 5) is 17.0. The molecule has 0 spiro atoms. The van der Waals surface area contributed by atoms with Crippen molar-refractivity contribution in [1.29, 1.82) is 0 Å². The Kier molecular flexibility index (Phi) is 4.31. The van der Waals surface area contributed by atoms with Gasteiger partial charge in [-0.15, -0.1) is 10.2 Å². The van der Waals surface area contributed by atoms with Gasteiger partial charge < -0.3 is 0 Å². The predicted molar refractivity (Wildman–Crippen MR) is 111 cm³/mol. The maximum Gasteiger partial charge on any atom is 0.320 e. The molecule has 0 saturated carbocycles. The van der Waals surface area contributed by atoms with Crippen LogP contribution < -0.4 is 5.56 Å². The first kappa shape index (κ1) is 18.7. The number of hydrogen-bond acceptors (Lipinski definition) is 5. The van der Waals surface area contributed by atoms with Gasteiger partial charge in [0.15, 0.2) is 5.16 Å². The van der Waals surface area contributed by atoms with Gasteiger partial charge in [0.05, 0.1) is 27.2 Å². The van der Waals surface area contributed by atoms with E-state index in [1.807, 2.05) is 12.1 Å². The van der Waals surface area contributed by atoms with Crippen molar-refractivity contribution in [3.8, 4) is 0 Å². The molecule has 0 saturated heterocycles. The van der Waals surface area contributed by atoms with Gasteiger partial charge in [0, 0.05) is 7.05 Å². The number of rotatable bonds is 4. The first-order chi connectivity index (χ1) is 14.5. The molecule has 7 nitrogen and oxygen atoms in total. The summed E-state index contributed by atoms with van der Waals surface area (Å²) < 4.78 is 31.8. The van der Waals surface area contributed by atoms with E-state index in [2.05, 4.69) is 15.2 Å². The Morgan fingerprint density at radius 1 is 1.00 bits per heavy atom. The fraction of sp³-hybridized carbons (Fsp3) is 0.200. The van der Waals surface area contributed by atoms with Gasteiger partial charge >= 0.3 is 6.55 Å². The van der Waals surface area contributed by atoms with Gasteiger partial charge in [-0.05, 0) is 31.2 Å². The number of para-hydroxylation sites is 3. The van der Waals surface area contributed by atoms with Gasteiger partial charge in [0.2, 0.25) is 5.78 Å². The van der Waals surface area contributed by atoms with Crippen molar-refractivity contribution in [3.63, 3.8) is 0 Å². The van der Waals surface area contributed by atoms with E-state index < -0.39 is 11.8 Å². The smallest absolute Gasteiger partial charge is 0.279 e. The number of nitrogens with zero attached hydrogens (tertiary/aromatic N) is 6. The predicted octanol–water partition coefficient (Wildman–Crippen LogP) is 4.18. The van der Waals surface area contributed by atoms with Crippen LogP contribution in [0.2, 0.25) is 0 Å². The molecule has 0 amide bonds. The zero-order valence-electron chi connectivity index (χ0n) is 16.0. The molecule has 0 bridgehead atoms. The zero-order valence-corrected chi connectivity index (χ0v) is 16.8. The molecule has 152 valence electrons. The Labute approximate surface area is 173 Å². The molecule has 0 unspecified atom stereocenters. The summed E-state index contributed by atoms with van der Waals surface area (Å²) in [5.74, 6) is 0.637. The number of fused-ring (bicyclic) bond motifs is 4. The van der Waals surface area contributed by atoms with Crippen LogP contribution >= 0.6 is 11.8 Å². The third kappa shape index (κ3) is 2.71. The number of thioether (sulfide) groups is 1. The van der Waals surface area contributed by atoms with E-state index in [4.69, 9.17) is 0 Å². The standard InChI is InChI=1S/C20H16F2N6OS/c1-11(16-23-13-8-4-6-10-15(13)27(16)18(21)22)30-20-25-24-19-26(2)17(29)12-7-3-5-9-14(12)28(19)20/h3-11,18H,1-2H3/t11-/m1/s1. The van der Waals surface area contributed by atoms with Crippen molar-refractivity contribution in [1.82, 2.24) is 28.7 Å². The summed E-state index contributed by atoms with van der Waals surface area (Å²) in [6.07, 6.45) is 0. The molecule has 3 heterocycles. The van der Waals surface area contributed by atoms with Gasteiger partial charge in [-0.2, -0.15) is 8.78 Å². The SMILES string of the molecule is C[C@@H](Sc1nnc2n(C)c(=O)c3ccccc3n12)c1nc2ccccc2n1C(F)F. The van der Waals surface area contributed by atoms with E-state index in [0.29, 0.717) is 32.9 Å². The van der Waals surface area contributed by atoms with Crippen LogP contribution in [0.4, 0.5) is 8.78 Å². The summed E-state index contributed by atoms with van der Waals surface area (Å²) >= 11 is 1.27. The minimum Gasteiger partial charge on any atom is -0.279 e. The molecule has 2 aromatic carbocycles. The molecule has 0 aliphatic heterocycles. The summed E-state index contributed by atoms with van der Waals surface area (Å²) in [6.45, 7) is -0.914. The Bertz CT molecular complexity index is 1470. The van der Waals surface area contributed by atoms with E-state index >= 15 is 0 Å². The topological polar surface area (TPSA) is 70.0 Å². The number of halogens is 2. The lowest BCUT2D eigenvalue weighted by Crippen LogP contribution is -2.20. The highest BCUT2D eigenvalue weighted by Crippen LogP contribution is 2.37. The van der Waals surface area contributed by atoms with Crippen LogP contribution in [0.25, 0.3) is 27.7 Å². The normalized spacial score (nSPS) is 13.1. The van der Waals surface area contributed by atoms with E-state index in [-0.39, 0.29) is 11.4 Å². The number of alkyl halides is 2. The third-order valence-corrected chi connectivity index (χ3v) is 6.10. The van der Waals surface area contributed by atoms with Crippen molar-refractivity contribution in [2.45, 2.75) is 23.9 Å². The second-order valence-electron chi connectivity index (χ2n) is 6.87. The van der Waals surface area contributed by atoms with Crippen molar-refractivity contribution < 1.29 is 8.78 Å². The largest absolute Gasteiger partial charge is 0.320 e. The van der Waals surface area contributed by atoms with Crippen LogP contribution in [0.15, 0.2) is 58.5 Å². The summed E-state index contributed by atoms with van der Waals surface area (Å²) in [5.41, 5.74) is 1.39. The highest BCUT2D eigenvalue weighted by Gasteiger charge is 2.25. The van der Waals surface area contributed by atoms with Gasteiger partial charge in [-0.25, -0.2) is 4.98 Å². The molecule has 10 heteroatoms. The van der Waals surface area contributed by atoms with E-state index in [1.165, 1.54) is 16.3 Å². The van der Waals surface area contributed by atoms with Crippen molar-refractivity contribution in [2.75, 3.05) is 0 Å². The number of benzene rings is 2. The van der Waals surface area contributed by atoms with Crippen LogP contribution in [0.1, 0.15) is 24.5 Å². The minimum absolute atomic E-state index is 0.172. The fourth-order valence-corrected chi connectivity index (χ4v) is 4.61. The first-order valence-corrected chi connectivity index (χ1v) is 10.1. The van der Waals surface area contributed by atoms with Crippen LogP contribution in [-0.2, 0) is 7.05 Å². The molecule has 5 rings (SSSR count). The number of aryl methyl sites for hydroxylation is 1. The Morgan fingerprint density at radius 3 is 2.47 bits per heavy atom. The van der Waals surface area contributed by atoms with Crippen LogP contribution in [0, 0.1) is 0 Å². The van der Waals surface area contributed by atoms with Gasteiger partial charge in [-0.3, -0.25) is 18.3 Å². The maximum absolute atomic E-state index is 13.8. The second-order valence-corrected chi connectivity index (χ2v) is 8.17. The summed E-state index contributed by atoms with van der Waals surface area (Å²) in [7, 11) is 1.63. The van der Waals surface area contributed by atoms with Gasteiger partial charge in [0.1, 0.15) is 5.82 Å². The van der Waals surface area contributed by atoms with Crippen molar-refractivity contribution >= 4 is 39.5 Å². The van der Waals surface area contributed by atoms with E-state index in [1.54, 1.807) is 54.8 Å². The number of aromatic nitrogens is 6. The average molecular weight is 426 g/mol. The summed E-state index contributed by atoms with van der Waals surface area (Å²) in [5, 5.41) is 8.98. The minimum atomic E-state index is -2.72. The van der Waals surface area contributed by atoms with Crippen molar-refractivity contribution in [3.05, 3.63) is 64.7 Å². The molecule has 0 radical (unpaired) electrons. The molecule has 0 aliphatic rings. The molecular weight excluding hydrogens is 410 g/mol. The molecule has 0 aliphatic carbocycles. The molecule has 0 N–H and O–H groups in total. The van der Waals surface area contributed by atoms with Crippen LogP contribution in [0.5, 0.6) is 0 Å². The van der Waals surface area contributed by atoms with Gasteiger partial charge in [-0.1, -0.05) is 36.0 Å².